The zero-order valence-corrected chi connectivity index (χ0v) is 20.1. The molecule has 0 radical (unpaired) electrons. The summed E-state index contributed by atoms with van der Waals surface area (Å²) in [4.78, 5) is 21.7. The van der Waals surface area contributed by atoms with Crippen molar-refractivity contribution < 1.29 is 22.7 Å². The SMILES string of the molecule is Cc1ccc(Cl)c2sc(N(CCN3CCOCC3)C(=O)c3ccc(C(F)(F)F)cc3)nc12.Cl. The van der Waals surface area contributed by atoms with Gasteiger partial charge in [-0.05, 0) is 42.8 Å². The maximum atomic E-state index is 13.4. The smallest absolute Gasteiger partial charge is 0.379 e. The van der Waals surface area contributed by atoms with Crippen molar-refractivity contribution in [3.8, 4) is 0 Å². The Balaban J connectivity index is 0.00000306. The number of thiazole rings is 1. The molecule has 5 nitrogen and oxygen atoms in total. The van der Waals surface area contributed by atoms with Gasteiger partial charge in [0.05, 0.1) is 34.0 Å². The van der Waals surface area contributed by atoms with E-state index in [1.807, 2.05) is 13.0 Å². The lowest BCUT2D eigenvalue weighted by Crippen LogP contribution is -2.43. The van der Waals surface area contributed by atoms with Crippen molar-refractivity contribution in [3.63, 3.8) is 0 Å². The van der Waals surface area contributed by atoms with Crippen LogP contribution < -0.4 is 4.90 Å². The standard InChI is InChI=1S/C22H21ClF3N3O2S.ClH/c1-14-2-7-17(23)19-18(14)27-21(32-19)29(9-8-28-10-12-31-13-11-28)20(30)15-3-5-16(6-4-15)22(24,25)26;/h2-7H,8-13H2,1H3;1H. The van der Waals surface area contributed by atoms with Crippen molar-refractivity contribution >= 4 is 56.6 Å². The molecule has 0 bridgehead atoms. The molecule has 0 saturated carbocycles. The van der Waals surface area contributed by atoms with Crippen LogP contribution in [0.3, 0.4) is 0 Å². The predicted molar refractivity (Wildman–Crippen MR) is 127 cm³/mol. The minimum Gasteiger partial charge on any atom is -0.379 e. The zero-order chi connectivity index (χ0) is 22.9. The van der Waals surface area contributed by atoms with E-state index in [1.54, 1.807) is 6.07 Å². The fourth-order valence-electron chi connectivity index (χ4n) is 3.51. The number of rotatable bonds is 5. The Bertz CT molecular complexity index is 1080. The summed E-state index contributed by atoms with van der Waals surface area (Å²) in [6.45, 7) is 5.62. The summed E-state index contributed by atoms with van der Waals surface area (Å²) >= 11 is 7.64. The second kappa shape index (κ2) is 10.6. The monoisotopic (exact) mass is 519 g/mol. The average Bonchev–Trinajstić information content (AvgIpc) is 3.23. The second-order valence-electron chi connectivity index (χ2n) is 7.52. The second-order valence-corrected chi connectivity index (χ2v) is 8.91. The molecule has 2 heterocycles. The highest BCUT2D eigenvalue weighted by Gasteiger charge is 2.31. The zero-order valence-electron chi connectivity index (χ0n) is 17.7. The maximum absolute atomic E-state index is 13.4. The summed E-state index contributed by atoms with van der Waals surface area (Å²) in [5, 5.41) is 1.01. The summed E-state index contributed by atoms with van der Waals surface area (Å²) in [7, 11) is 0. The molecule has 0 atom stereocenters. The molecule has 33 heavy (non-hydrogen) atoms. The Morgan fingerprint density at radius 1 is 1.18 bits per heavy atom. The number of hydrogen-bond acceptors (Lipinski definition) is 5. The number of halogens is 5. The van der Waals surface area contributed by atoms with E-state index in [4.69, 9.17) is 16.3 Å². The number of aryl methyl sites for hydroxylation is 1. The van der Waals surface area contributed by atoms with E-state index in [0.717, 1.165) is 35.5 Å². The molecule has 0 N–H and O–H groups in total. The lowest BCUT2D eigenvalue weighted by atomic mass is 10.1. The first-order chi connectivity index (χ1) is 15.2. The highest BCUT2D eigenvalue weighted by Crippen LogP contribution is 2.36. The van der Waals surface area contributed by atoms with Crippen LogP contribution in [0.2, 0.25) is 5.02 Å². The van der Waals surface area contributed by atoms with E-state index in [0.29, 0.717) is 42.0 Å². The number of ether oxygens (including phenoxy) is 1. The van der Waals surface area contributed by atoms with E-state index >= 15 is 0 Å². The Morgan fingerprint density at radius 2 is 1.85 bits per heavy atom. The third kappa shape index (κ3) is 5.78. The molecule has 2 aromatic carbocycles. The van der Waals surface area contributed by atoms with Gasteiger partial charge in [0.15, 0.2) is 5.13 Å². The molecule has 0 aliphatic carbocycles. The molecule has 1 saturated heterocycles. The molecule has 1 amide bonds. The van der Waals surface area contributed by atoms with Gasteiger partial charge in [0, 0.05) is 31.7 Å². The van der Waals surface area contributed by atoms with Gasteiger partial charge in [-0.2, -0.15) is 13.2 Å². The van der Waals surface area contributed by atoms with E-state index in [1.165, 1.54) is 28.4 Å². The average molecular weight is 520 g/mol. The van der Waals surface area contributed by atoms with Gasteiger partial charge >= 0.3 is 6.18 Å². The fourth-order valence-corrected chi connectivity index (χ4v) is 4.86. The first-order valence-electron chi connectivity index (χ1n) is 10.1. The van der Waals surface area contributed by atoms with Gasteiger partial charge in [-0.1, -0.05) is 29.0 Å². The van der Waals surface area contributed by atoms with Crippen molar-refractivity contribution in [2.24, 2.45) is 0 Å². The lowest BCUT2D eigenvalue weighted by Gasteiger charge is -2.29. The molecule has 1 aliphatic rings. The lowest BCUT2D eigenvalue weighted by molar-refractivity contribution is -0.137. The number of aromatic nitrogens is 1. The molecule has 11 heteroatoms. The molecule has 3 aromatic rings. The normalized spacial score (nSPS) is 14.8. The van der Waals surface area contributed by atoms with E-state index in [9.17, 15) is 18.0 Å². The van der Waals surface area contributed by atoms with Gasteiger partial charge in [0.2, 0.25) is 0 Å². The summed E-state index contributed by atoms with van der Waals surface area (Å²) in [6, 6.07) is 7.91. The number of alkyl halides is 3. The molecule has 1 aromatic heterocycles. The number of fused-ring (bicyclic) bond motifs is 1. The largest absolute Gasteiger partial charge is 0.416 e. The Kier molecular flexibility index (Phi) is 8.23. The van der Waals surface area contributed by atoms with Crippen LogP contribution in [-0.2, 0) is 10.9 Å². The van der Waals surface area contributed by atoms with Crippen LogP contribution in [0, 0.1) is 6.92 Å². The highest BCUT2D eigenvalue weighted by atomic mass is 35.5. The van der Waals surface area contributed by atoms with Gasteiger partial charge in [0.1, 0.15) is 0 Å². The van der Waals surface area contributed by atoms with Crippen LogP contribution >= 0.6 is 35.3 Å². The van der Waals surface area contributed by atoms with Crippen molar-refractivity contribution in [1.29, 1.82) is 0 Å². The molecular weight excluding hydrogens is 498 g/mol. The van der Waals surface area contributed by atoms with Gasteiger partial charge in [0.25, 0.3) is 5.91 Å². The molecule has 0 unspecified atom stereocenters. The van der Waals surface area contributed by atoms with Gasteiger partial charge in [-0.15, -0.1) is 12.4 Å². The van der Waals surface area contributed by atoms with E-state index in [-0.39, 0.29) is 18.0 Å². The van der Waals surface area contributed by atoms with Crippen LogP contribution in [-0.4, -0.2) is 55.2 Å². The first kappa shape index (κ1) is 25.7. The number of morpholine rings is 1. The first-order valence-corrected chi connectivity index (χ1v) is 11.3. The van der Waals surface area contributed by atoms with Gasteiger partial charge in [-0.25, -0.2) is 4.98 Å². The molecule has 1 aliphatic heterocycles. The summed E-state index contributed by atoms with van der Waals surface area (Å²) in [5.74, 6) is -0.403. The predicted octanol–water partition coefficient (Wildman–Crippen LogP) is 5.68. The Labute approximate surface area is 204 Å². The molecule has 4 rings (SSSR count). The third-order valence-electron chi connectivity index (χ3n) is 5.36. The van der Waals surface area contributed by atoms with Crippen molar-refractivity contribution in [1.82, 2.24) is 9.88 Å². The minimum absolute atomic E-state index is 0. The van der Waals surface area contributed by atoms with Crippen LogP contribution in [0.4, 0.5) is 18.3 Å². The highest BCUT2D eigenvalue weighted by molar-refractivity contribution is 7.23. The van der Waals surface area contributed by atoms with Crippen molar-refractivity contribution in [3.05, 3.63) is 58.1 Å². The summed E-state index contributed by atoms with van der Waals surface area (Å²) in [6.07, 6.45) is -4.46. The number of benzene rings is 2. The molecular formula is C22H22Cl2F3N3O2S. The molecule has 1 fully saturated rings. The molecule has 0 spiro atoms. The van der Waals surface area contributed by atoms with Crippen LogP contribution in [0.25, 0.3) is 10.2 Å². The number of nitrogens with zero attached hydrogens (tertiary/aromatic N) is 3. The van der Waals surface area contributed by atoms with E-state index < -0.39 is 17.6 Å². The number of hydrogen-bond donors (Lipinski definition) is 0. The summed E-state index contributed by atoms with van der Waals surface area (Å²) < 4.78 is 44.9. The Morgan fingerprint density at radius 3 is 2.45 bits per heavy atom. The number of amides is 1. The number of anilines is 1. The quantitative estimate of drug-likeness (QED) is 0.435. The number of carbonyl (C=O) groups excluding carboxylic acids is 1. The van der Waals surface area contributed by atoms with Crippen molar-refractivity contribution in [2.45, 2.75) is 13.1 Å². The van der Waals surface area contributed by atoms with Crippen molar-refractivity contribution in [2.75, 3.05) is 44.3 Å². The van der Waals surface area contributed by atoms with Gasteiger partial charge in [-0.3, -0.25) is 14.6 Å². The Hall–Kier alpha value is -1.91. The topological polar surface area (TPSA) is 45.7 Å². The minimum atomic E-state index is -4.46. The summed E-state index contributed by atoms with van der Waals surface area (Å²) in [5.41, 5.74) is 1.02. The fraction of sp³-hybridized carbons (Fsp3) is 0.364. The number of carbonyl (C=O) groups is 1. The van der Waals surface area contributed by atoms with E-state index in [2.05, 4.69) is 9.88 Å². The van der Waals surface area contributed by atoms with Crippen LogP contribution in [0.5, 0.6) is 0 Å². The van der Waals surface area contributed by atoms with Crippen LogP contribution in [0.1, 0.15) is 21.5 Å². The van der Waals surface area contributed by atoms with Crippen LogP contribution in [0.15, 0.2) is 36.4 Å². The van der Waals surface area contributed by atoms with Gasteiger partial charge < -0.3 is 4.74 Å². The third-order valence-corrected chi connectivity index (χ3v) is 6.90. The molecule has 178 valence electrons. The maximum Gasteiger partial charge on any atom is 0.416 e.